The van der Waals surface area contributed by atoms with Crippen LogP contribution in [0.25, 0.3) is 11.3 Å². The third-order valence-electron chi connectivity index (χ3n) is 5.06. The Hall–Kier alpha value is -3.50. The van der Waals surface area contributed by atoms with Gasteiger partial charge in [-0.2, -0.15) is 23.4 Å². The molecule has 0 bridgehead atoms. The first-order valence-corrected chi connectivity index (χ1v) is 9.21. The summed E-state index contributed by atoms with van der Waals surface area (Å²) < 4.78 is 44.1. The van der Waals surface area contributed by atoms with E-state index in [1.54, 1.807) is 55.2 Å². The standard InChI is InChI=1S/C19H20F3N7O/c1-10-13(9-28(2)26-10)15-7-16(19(20,21)22)29-17(25-15)8-14(27-29)11-3-5-12(6-4-11)24-18(23)30/h3-6,8-9,15-16,25H,7H2,1-2H3,(H3,23,24,30)/t15-,16+/m0/s1. The third kappa shape index (κ3) is 3.70. The van der Waals surface area contributed by atoms with Crippen LogP contribution in [0.3, 0.4) is 0 Å². The summed E-state index contributed by atoms with van der Waals surface area (Å²) in [4.78, 5) is 10.9. The van der Waals surface area contributed by atoms with E-state index in [4.69, 9.17) is 5.73 Å². The number of fused-ring (bicyclic) bond motifs is 1. The van der Waals surface area contributed by atoms with Gasteiger partial charge in [-0.05, 0) is 19.1 Å². The Morgan fingerprint density at radius 3 is 2.53 bits per heavy atom. The van der Waals surface area contributed by atoms with Gasteiger partial charge in [-0.25, -0.2) is 9.48 Å². The Labute approximate surface area is 169 Å². The topological polar surface area (TPSA) is 103 Å². The fraction of sp³-hybridized carbons (Fsp3) is 0.316. The predicted molar refractivity (Wildman–Crippen MR) is 105 cm³/mol. The smallest absolute Gasteiger partial charge is 0.363 e. The monoisotopic (exact) mass is 419 g/mol. The molecule has 3 heterocycles. The van der Waals surface area contributed by atoms with Crippen molar-refractivity contribution in [1.29, 1.82) is 0 Å². The van der Waals surface area contributed by atoms with Crippen LogP contribution in [0, 0.1) is 6.92 Å². The van der Waals surface area contributed by atoms with Gasteiger partial charge in [0.2, 0.25) is 0 Å². The van der Waals surface area contributed by atoms with E-state index in [-0.39, 0.29) is 12.2 Å². The molecular weight excluding hydrogens is 399 g/mol. The van der Waals surface area contributed by atoms with Crippen molar-refractivity contribution < 1.29 is 18.0 Å². The lowest BCUT2D eigenvalue weighted by molar-refractivity contribution is -0.173. The fourth-order valence-corrected chi connectivity index (χ4v) is 3.75. The number of benzene rings is 1. The van der Waals surface area contributed by atoms with Crippen LogP contribution in [-0.4, -0.2) is 31.8 Å². The Balaban J connectivity index is 1.69. The molecule has 1 aromatic carbocycles. The number of alkyl halides is 3. The number of nitrogens with two attached hydrogens (primary N) is 1. The molecule has 1 aliphatic rings. The molecule has 8 nitrogen and oxygen atoms in total. The van der Waals surface area contributed by atoms with E-state index >= 15 is 0 Å². The zero-order valence-electron chi connectivity index (χ0n) is 16.2. The van der Waals surface area contributed by atoms with Crippen LogP contribution in [0.15, 0.2) is 36.5 Å². The van der Waals surface area contributed by atoms with E-state index < -0.39 is 24.3 Å². The molecule has 0 spiro atoms. The lowest BCUT2D eigenvalue weighted by atomic mass is 9.97. The number of carbonyl (C=O) groups excluding carboxylic acids is 1. The predicted octanol–water partition coefficient (Wildman–Crippen LogP) is 3.74. The lowest BCUT2D eigenvalue weighted by Gasteiger charge is -2.33. The van der Waals surface area contributed by atoms with Crippen molar-refractivity contribution in [3.8, 4) is 11.3 Å². The molecule has 0 saturated carbocycles. The van der Waals surface area contributed by atoms with Crippen molar-refractivity contribution in [2.75, 3.05) is 10.6 Å². The van der Waals surface area contributed by atoms with E-state index in [1.807, 2.05) is 0 Å². The zero-order valence-corrected chi connectivity index (χ0v) is 16.2. The first-order valence-electron chi connectivity index (χ1n) is 9.21. The molecule has 2 atom stereocenters. The van der Waals surface area contributed by atoms with Crippen LogP contribution in [0.1, 0.15) is 29.8 Å². The van der Waals surface area contributed by atoms with Gasteiger partial charge >= 0.3 is 12.2 Å². The van der Waals surface area contributed by atoms with Gasteiger partial charge in [-0.1, -0.05) is 12.1 Å². The highest BCUT2D eigenvalue weighted by molar-refractivity contribution is 5.88. The highest BCUT2D eigenvalue weighted by Gasteiger charge is 2.47. The molecule has 4 rings (SSSR count). The molecule has 0 unspecified atom stereocenters. The number of primary amides is 1. The number of aryl methyl sites for hydroxylation is 2. The first kappa shape index (κ1) is 19.8. The molecule has 3 aromatic rings. The number of nitrogens with zero attached hydrogens (tertiary/aromatic N) is 4. The summed E-state index contributed by atoms with van der Waals surface area (Å²) in [7, 11) is 1.74. The van der Waals surface area contributed by atoms with Gasteiger partial charge in [0, 0.05) is 42.5 Å². The second-order valence-corrected chi connectivity index (χ2v) is 7.26. The van der Waals surface area contributed by atoms with Crippen LogP contribution >= 0.6 is 0 Å². The van der Waals surface area contributed by atoms with Gasteiger partial charge in [0.25, 0.3) is 0 Å². The minimum atomic E-state index is -4.45. The van der Waals surface area contributed by atoms with Crippen LogP contribution < -0.4 is 16.4 Å². The Bertz CT molecular complexity index is 1080. The van der Waals surface area contributed by atoms with Crippen molar-refractivity contribution in [1.82, 2.24) is 19.6 Å². The van der Waals surface area contributed by atoms with Gasteiger partial charge in [0.05, 0.1) is 17.4 Å². The highest BCUT2D eigenvalue weighted by Crippen LogP contribution is 2.44. The highest BCUT2D eigenvalue weighted by atomic mass is 19.4. The van der Waals surface area contributed by atoms with Gasteiger partial charge in [-0.15, -0.1) is 0 Å². The van der Waals surface area contributed by atoms with Crippen LogP contribution in [0.4, 0.5) is 29.5 Å². The number of nitrogens with one attached hydrogen (secondary N) is 2. The quantitative estimate of drug-likeness (QED) is 0.602. The number of rotatable bonds is 3. The number of anilines is 2. The summed E-state index contributed by atoms with van der Waals surface area (Å²) in [5.74, 6) is 0.283. The van der Waals surface area contributed by atoms with E-state index in [1.165, 1.54) is 0 Å². The number of aromatic nitrogens is 4. The molecule has 0 radical (unpaired) electrons. The lowest BCUT2D eigenvalue weighted by Crippen LogP contribution is -2.35. The largest absolute Gasteiger partial charge is 0.410 e. The maximum atomic E-state index is 13.8. The van der Waals surface area contributed by atoms with E-state index in [2.05, 4.69) is 20.8 Å². The number of hydrogen-bond donors (Lipinski definition) is 3. The van der Waals surface area contributed by atoms with Crippen LogP contribution in [0.2, 0.25) is 0 Å². The van der Waals surface area contributed by atoms with Crippen molar-refractivity contribution >= 4 is 17.5 Å². The maximum absolute atomic E-state index is 13.8. The summed E-state index contributed by atoms with van der Waals surface area (Å²) in [6.45, 7) is 1.78. The number of urea groups is 1. The van der Waals surface area contributed by atoms with Crippen molar-refractivity contribution in [2.24, 2.45) is 12.8 Å². The van der Waals surface area contributed by atoms with Crippen molar-refractivity contribution in [3.05, 3.63) is 47.8 Å². The van der Waals surface area contributed by atoms with Crippen LogP contribution in [-0.2, 0) is 7.05 Å². The van der Waals surface area contributed by atoms with Crippen molar-refractivity contribution in [2.45, 2.75) is 31.6 Å². The Kier molecular flexibility index (Phi) is 4.67. The molecule has 30 heavy (non-hydrogen) atoms. The molecule has 1 aliphatic heterocycles. The summed E-state index contributed by atoms with van der Waals surface area (Å²) in [6.07, 6.45) is -2.91. The van der Waals surface area contributed by atoms with Crippen LogP contribution in [0.5, 0.6) is 0 Å². The molecule has 2 aromatic heterocycles. The van der Waals surface area contributed by atoms with Gasteiger partial charge in [0.1, 0.15) is 5.82 Å². The molecule has 0 saturated heterocycles. The molecule has 4 N–H and O–H groups in total. The fourth-order valence-electron chi connectivity index (χ4n) is 3.75. The summed E-state index contributed by atoms with van der Waals surface area (Å²) >= 11 is 0. The Morgan fingerprint density at radius 1 is 1.27 bits per heavy atom. The number of halogens is 3. The van der Waals surface area contributed by atoms with Gasteiger partial charge in [0.15, 0.2) is 6.04 Å². The molecule has 0 aliphatic carbocycles. The molecule has 0 fully saturated rings. The SMILES string of the molecule is Cc1nn(C)cc1[C@@H]1C[C@H](C(F)(F)F)n2nc(-c3ccc(NC(N)=O)cc3)cc2N1. The average Bonchev–Trinajstić information content (AvgIpc) is 3.22. The second kappa shape index (κ2) is 7.08. The van der Waals surface area contributed by atoms with Gasteiger partial charge < -0.3 is 16.4 Å². The normalized spacial score (nSPS) is 18.6. The summed E-state index contributed by atoms with van der Waals surface area (Å²) in [5, 5.41) is 14.1. The van der Waals surface area contributed by atoms with E-state index in [0.29, 0.717) is 22.6 Å². The molecular formula is C19H20F3N7O. The zero-order chi connectivity index (χ0) is 21.6. The van der Waals surface area contributed by atoms with E-state index in [0.717, 1.165) is 10.2 Å². The summed E-state index contributed by atoms with van der Waals surface area (Å²) in [6, 6.07) is 5.12. The average molecular weight is 419 g/mol. The Morgan fingerprint density at radius 2 is 1.97 bits per heavy atom. The number of carbonyl (C=O) groups is 1. The maximum Gasteiger partial charge on any atom is 0.410 e. The second-order valence-electron chi connectivity index (χ2n) is 7.26. The minimum absolute atomic E-state index is 0.189. The number of hydrogen-bond acceptors (Lipinski definition) is 4. The van der Waals surface area contributed by atoms with Gasteiger partial charge in [-0.3, -0.25) is 4.68 Å². The molecule has 11 heteroatoms. The minimum Gasteiger partial charge on any atom is -0.363 e. The third-order valence-corrected chi connectivity index (χ3v) is 5.06. The van der Waals surface area contributed by atoms with E-state index in [9.17, 15) is 18.0 Å². The van der Waals surface area contributed by atoms with Crippen molar-refractivity contribution in [3.63, 3.8) is 0 Å². The number of amides is 2. The summed E-state index contributed by atoms with van der Waals surface area (Å²) in [5.41, 5.74) is 7.97. The first-order chi connectivity index (χ1) is 14.1. The molecule has 2 amide bonds. The molecule has 158 valence electrons.